The summed E-state index contributed by atoms with van der Waals surface area (Å²) in [7, 11) is 0. The van der Waals surface area contributed by atoms with Gasteiger partial charge in [-0.25, -0.2) is 9.59 Å². The van der Waals surface area contributed by atoms with Crippen LogP contribution in [0.15, 0.2) is 30.3 Å². The van der Waals surface area contributed by atoms with Crippen LogP contribution in [-0.2, 0) is 9.53 Å². The third-order valence-electron chi connectivity index (χ3n) is 5.65. The Bertz CT molecular complexity index is 1080. The number of halogens is 2. The molecule has 2 atom stereocenters. The summed E-state index contributed by atoms with van der Waals surface area (Å²) in [6.07, 6.45) is 0.179. The smallest absolute Gasteiger partial charge is 0.414 e. The fraction of sp³-hybridized carbons (Fsp3) is 0.409. The van der Waals surface area contributed by atoms with E-state index < -0.39 is 18.3 Å². The van der Waals surface area contributed by atoms with E-state index in [-0.39, 0.29) is 31.5 Å². The Hall–Kier alpha value is -2.53. The number of ether oxygens (including phenoxy) is 2. The molecule has 0 aliphatic carbocycles. The van der Waals surface area contributed by atoms with E-state index in [2.05, 4.69) is 5.32 Å². The van der Waals surface area contributed by atoms with E-state index in [0.29, 0.717) is 38.8 Å². The van der Waals surface area contributed by atoms with Crippen molar-refractivity contribution in [2.75, 3.05) is 36.0 Å². The molecule has 2 aliphatic rings. The Labute approximate surface area is 210 Å². The molecule has 0 saturated carbocycles. The van der Waals surface area contributed by atoms with Crippen LogP contribution in [0.4, 0.5) is 21.0 Å². The molecule has 2 fully saturated rings. The molecule has 0 bridgehead atoms. The second-order valence-electron chi connectivity index (χ2n) is 7.92. The molecule has 182 valence electrons. The van der Waals surface area contributed by atoms with Crippen LogP contribution in [0.3, 0.4) is 0 Å². The van der Waals surface area contributed by atoms with E-state index in [4.69, 9.17) is 32.7 Å². The molecule has 12 heteroatoms. The lowest BCUT2D eigenvalue weighted by molar-refractivity contribution is -0.124. The Kier molecular flexibility index (Phi) is 7.82. The van der Waals surface area contributed by atoms with Crippen LogP contribution in [0.1, 0.15) is 19.3 Å². The van der Waals surface area contributed by atoms with Gasteiger partial charge in [0.15, 0.2) is 5.06 Å². The van der Waals surface area contributed by atoms with Gasteiger partial charge >= 0.3 is 12.2 Å². The van der Waals surface area contributed by atoms with E-state index >= 15 is 0 Å². The van der Waals surface area contributed by atoms with E-state index in [1.807, 2.05) is 0 Å². The summed E-state index contributed by atoms with van der Waals surface area (Å²) in [5.74, 6) is -0.279. The van der Waals surface area contributed by atoms with E-state index in [1.54, 1.807) is 35.2 Å². The molecule has 2 aromatic rings. The van der Waals surface area contributed by atoms with Crippen molar-refractivity contribution in [2.45, 2.75) is 25.4 Å². The number of benzene rings is 1. The largest absolute Gasteiger partial charge is 0.442 e. The number of piperidine rings is 1. The summed E-state index contributed by atoms with van der Waals surface area (Å²) in [4.78, 5) is 40.2. The van der Waals surface area contributed by atoms with Gasteiger partial charge in [-0.05, 0) is 49.6 Å². The highest BCUT2D eigenvalue weighted by Gasteiger charge is 2.34. The molecule has 2 N–H and O–H groups in total. The maximum Gasteiger partial charge on any atom is 0.414 e. The second kappa shape index (κ2) is 10.8. The van der Waals surface area contributed by atoms with Crippen LogP contribution in [-0.4, -0.2) is 55.5 Å². The summed E-state index contributed by atoms with van der Waals surface area (Å²) in [5, 5.41) is 12.5. The summed E-state index contributed by atoms with van der Waals surface area (Å²) < 4.78 is 11.0. The van der Waals surface area contributed by atoms with Crippen LogP contribution in [0.25, 0.3) is 0 Å². The number of amides is 3. The Morgan fingerprint density at radius 2 is 2.06 bits per heavy atom. The average molecular weight is 528 g/mol. The molecule has 2 aliphatic heterocycles. The number of thiophene rings is 1. The van der Waals surface area contributed by atoms with Gasteiger partial charge in [0.25, 0.3) is 0 Å². The molecule has 9 nitrogen and oxygen atoms in total. The number of carbonyl (C=O) groups is 3. The highest BCUT2D eigenvalue weighted by Crippen LogP contribution is 2.35. The van der Waals surface area contributed by atoms with Crippen molar-refractivity contribution in [2.24, 2.45) is 5.92 Å². The normalized spacial score (nSPS) is 20.4. The molecule has 2 saturated heterocycles. The molecule has 1 unspecified atom stereocenters. The van der Waals surface area contributed by atoms with Gasteiger partial charge < -0.3 is 24.8 Å². The fourth-order valence-corrected chi connectivity index (χ4v) is 5.16. The highest BCUT2D eigenvalue weighted by atomic mass is 35.5. The molecule has 1 aromatic carbocycles. The number of hydrogen-bond acceptors (Lipinski definition) is 7. The first-order valence-corrected chi connectivity index (χ1v) is 12.3. The molecule has 3 amide bonds. The molecular weight excluding hydrogens is 505 g/mol. The van der Waals surface area contributed by atoms with Crippen molar-refractivity contribution in [3.63, 3.8) is 0 Å². The first-order chi connectivity index (χ1) is 16.4. The quantitative estimate of drug-likeness (QED) is 0.555. The summed E-state index contributed by atoms with van der Waals surface area (Å²) >= 11 is 13.4. The van der Waals surface area contributed by atoms with E-state index in [1.165, 1.54) is 4.90 Å². The zero-order valence-electron chi connectivity index (χ0n) is 18.0. The third-order valence-corrected chi connectivity index (χ3v) is 7.06. The lowest BCUT2D eigenvalue weighted by Gasteiger charge is -2.33. The Morgan fingerprint density at radius 3 is 2.76 bits per heavy atom. The van der Waals surface area contributed by atoms with Crippen LogP contribution < -0.4 is 19.9 Å². The van der Waals surface area contributed by atoms with Crippen molar-refractivity contribution in [3.8, 4) is 5.06 Å². The zero-order valence-corrected chi connectivity index (χ0v) is 20.4. The number of aliphatic hydroxyl groups excluding tert-OH is 1. The number of cyclic esters (lactones) is 1. The third kappa shape index (κ3) is 5.57. The van der Waals surface area contributed by atoms with Crippen LogP contribution >= 0.6 is 34.5 Å². The molecule has 1 aromatic heterocycles. The van der Waals surface area contributed by atoms with Crippen LogP contribution in [0.5, 0.6) is 5.06 Å². The van der Waals surface area contributed by atoms with Gasteiger partial charge in [0.05, 0.1) is 28.1 Å². The van der Waals surface area contributed by atoms with E-state index in [0.717, 1.165) is 24.2 Å². The molecule has 34 heavy (non-hydrogen) atoms. The number of nitrogens with zero attached hydrogens (tertiary/aromatic N) is 2. The lowest BCUT2D eigenvalue weighted by atomic mass is 9.93. The van der Waals surface area contributed by atoms with Crippen molar-refractivity contribution in [3.05, 3.63) is 39.7 Å². The first-order valence-electron chi connectivity index (χ1n) is 10.8. The van der Waals surface area contributed by atoms with E-state index in [9.17, 15) is 19.5 Å². The first kappa shape index (κ1) is 24.6. The molecule has 0 radical (unpaired) electrons. The highest BCUT2D eigenvalue weighted by molar-refractivity contribution is 7.17. The predicted octanol–water partition coefficient (Wildman–Crippen LogP) is 4.29. The van der Waals surface area contributed by atoms with Gasteiger partial charge in [0, 0.05) is 24.8 Å². The van der Waals surface area contributed by atoms with Gasteiger partial charge in [0.2, 0.25) is 5.91 Å². The van der Waals surface area contributed by atoms with Crippen molar-refractivity contribution < 1.29 is 29.0 Å². The number of rotatable bonds is 7. The number of carbonyl (C=O) groups excluding carboxylic acids is 3. The molecular formula is C22H23Cl2N3O6S. The summed E-state index contributed by atoms with van der Waals surface area (Å²) in [6.45, 7) is 0.790. The van der Waals surface area contributed by atoms with Gasteiger partial charge in [-0.2, -0.15) is 0 Å². The topological polar surface area (TPSA) is 108 Å². The standard InChI is InChI=1S/C22H23Cl2N3O6S/c23-16-10-14(3-4-17(16)26-8-1-2-13(7-9-28)20(26)29)27-12-15(32-22(27)31)11-25-21(30)33-19-6-5-18(24)34-19/h3-6,10,13,15,28H,1-2,7-9,11-12H2,(H,25,30)/t13?,15-/m0/s1. The van der Waals surface area contributed by atoms with Crippen LogP contribution in [0.2, 0.25) is 9.36 Å². The number of aliphatic hydroxyl groups is 1. The van der Waals surface area contributed by atoms with Crippen molar-refractivity contribution in [1.82, 2.24) is 5.32 Å². The minimum Gasteiger partial charge on any atom is -0.442 e. The summed E-state index contributed by atoms with van der Waals surface area (Å²) in [5.41, 5.74) is 1.09. The maximum absolute atomic E-state index is 12.8. The number of hydrogen-bond donors (Lipinski definition) is 2. The van der Waals surface area contributed by atoms with Gasteiger partial charge in [-0.1, -0.05) is 34.5 Å². The van der Waals surface area contributed by atoms with Crippen molar-refractivity contribution in [1.29, 1.82) is 0 Å². The second-order valence-corrected chi connectivity index (χ2v) is 10.0. The number of nitrogens with one attached hydrogen (secondary N) is 1. The minimum atomic E-state index is -0.675. The predicted molar refractivity (Wildman–Crippen MR) is 129 cm³/mol. The minimum absolute atomic E-state index is 0.0376. The Morgan fingerprint density at radius 1 is 1.24 bits per heavy atom. The monoisotopic (exact) mass is 527 g/mol. The summed E-state index contributed by atoms with van der Waals surface area (Å²) in [6, 6.07) is 8.24. The average Bonchev–Trinajstić information content (AvgIpc) is 3.39. The number of anilines is 2. The SMILES string of the molecule is O=C(NC[C@H]1CN(c2ccc(N3CCCC(CCO)C3=O)c(Cl)c2)C(=O)O1)Oc1ccc(Cl)s1. The Balaban J connectivity index is 1.36. The van der Waals surface area contributed by atoms with Gasteiger partial charge in [-0.3, -0.25) is 9.69 Å². The van der Waals surface area contributed by atoms with Gasteiger partial charge in [-0.15, -0.1) is 0 Å². The maximum atomic E-state index is 12.8. The molecule has 4 rings (SSSR count). The van der Waals surface area contributed by atoms with Crippen LogP contribution in [0, 0.1) is 5.92 Å². The molecule has 3 heterocycles. The molecule has 0 spiro atoms. The van der Waals surface area contributed by atoms with Crippen molar-refractivity contribution >= 4 is 64.0 Å². The zero-order chi connectivity index (χ0) is 24.2. The fourth-order valence-electron chi connectivity index (χ4n) is 4.01. The van der Waals surface area contributed by atoms with Gasteiger partial charge in [0.1, 0.15) is 6.10 Å². The lowest BCUT2D eigenvalue weighted by Crippen LogP contribution is -2.41.